The molecule has 8 heteroatoms. The second-order valence-corrected chi connectivity index (χ2v) is 6.02. The van der Waals surface area contributed by atoms with E-state index in [1.165, 1.54) is 12.4 Å². The molecule has 1 aromatic rings. The van der Waals surface area contributed by atoms with Crippen LogP contribution in [0.3, 0.4) is 0 Å². The fourth-order valence-corrected chi connectivity index (χ4v) is 2.46. The topological polar surface area (TPSA) is 86.5 Å². The van der Waals surface area contributed by atoms with E-state index in [1.54, 1.807) is 0 Å². The molecule has 1 aliphatic heterocycles. The zero-order valence-corrected chi connectivity index (χ0v) is 12.8. The molecule has 1 saturated heterocycles. The molecule has 0 amide bonds. The zero-order chi connectivity index (χ0) is 14.8. The summed E-state index contributed by atoms with van der Waals surface area (Å²) in [7, 11) is 0. The maximum Gasteiger partial charge on any atom is 0.330 e. The summed E-state index contributed by atoms with van der Waals surface area (Å²) < 4.78 is 11.9. The summed E-state index contributed by atoms with van der Waals surface area (Å²) in [6.07, 6.45) is 2.48. The van der Waals surface area contributed by atoms with Crippen LogP contribution in [-0.2, 0) is 4.74 Å². The number of rotatable bonds is 4. The molecule has 2 rings (SSSR count). The maximum atomic E-state index is 10.9. The molecule has 2 heterocycles. The van der Waals surface area contributed by atoms with Crippen molar-refractivity contribution >= 4 is 21.6 Å². The van der Waals surface area contributed by atoms with E-state index in [4.69, 9.17) is 9.47 Å². The molecular weight excluding hydrogens is 330 g/mol. The van der Waals surface area contributed by atoms with Gasteiger partial charge in [0.15, 0.2) is 0 Å². The van der Waals surface area contributed by atoms with Gasteiger partial charge in [0.25, 0.3) is 0 Å². The van der Waals surface area contributed by atoms with Crippen molar-refractivity contribution < 1.29 is 14.4 Å². The maximum absolute atomic E-state index is 10.9. The Labute approximate surface area is 124 Å². The standard InChI is InChI=1S/C12H16BrN3O4/c1-12(2)7-15-3-8(20-12)6-19-11-9(13)4-14-5-10(11)16(17)18/h4-5,8,15H,3,6-7H2,1-2H3. The first-order valence-corrected chi connectivity index (χ1v) is 6.97. The number of nitro groups is 1. The molecule has 1 aliphatic rings. The van der Waals surface area contributed by atoms with Crippen LogP contribution in [0.2, 0.25) is 0 Å². The summed E-state index contributed by atoms with van der Waals surface area (Å²) in [5.74, 6) is 0.178. The van der Waals surface area contributed by atoms with Gasteiger partial charge < -0.3 is 14.8 Å². The predicted octanol–water partition coefficient (Wildman–Crippen LogP) is 1.90. The van der Waals surface area contributed by atoms with Crippen molar-refractivity contribution in [3.05, 3.63) is 27.0 Å². The van der Waals surface area contributed by atoms with Crippen LogP contribution in [0, 0.1) is 10.1 Å². The SMILES string of the molecule is CC1(C)CNCC(COc2c(Br)cncc2[N+](=O)[O-])O1. The number of ether oxygens (including phenoxy) is 2. The molecule has 0 spiro atoms. The summed E-state index contributed by atoms with van der Waals surface area (Å²) in [5.41, 5.74) is -0.435. The highest BCUT2D eigenvalue weighted by molar-refractivity contribution is 9.10. The number of nitrogens with zero attached hydrogens (tertiary/aromatic N) is 2. The van der Waals surface area contributed by atoms with E-state index in [9.17, 15) is 10.1 Å². The first-order valence-electron chi connectivity index (χ1n) is 6.18. The molecule has 20 heavy (non-hydrogen) atoms. The zero-order valence-electron chi connectivity index (χ0n) is 11.3. The van der Waals surface area contributed by atoms with Crippen LogP contribution < -0.4 is 10.1 Å². The van der Waals surface area contributed by atoms with Crippen LogP contribution in [-0.4, -0.2) is 41.3 Å². The highest BCUT2D eigenvalue weighted by Crippen LogP contribution is 2.33. The van der Waals surface area contributed by atoms with Crippen LogP contribution in [0.25, 0.3) is 0 Å². The fourth-order valence-electron chi connectivity index (χ4n) is 2.02. The number of morpholine rings is 1. The van der Waals surface area contributed by atoms with Gasteiger partial charge in [-0.15, -0.1) is 0 Å². The number of hydrogen-bond acceptors (Lipinski definition) is 6. The number of aromatic nitrogens is 1. The third-order valence-electron chi connectivity index (χ3n) is 2.85. The van der Waals surface area contributed by atoms with E-state index in [0.29, 0.717) is 11.0 Å². The minimum absolute atomic E-state index is 0.154. The fraction of sp³-hybridized carbons (Fsp3) is 0.583. The molecular formula is C12H16BrN3O4. The molecule has 1 aromatic heterocycles. The van der Waals surface area contributed by atoms with Crippen molar-refractivity contribution in [3.63, 3.8) is 0 Å². The molecule has 7 nitrogen and oxygen atoms in total. The van der Waals surface area contributed by atoms with E-state index in [2.05, 4.69) is 26.2 Å². The van der Waals surface area contributed by atoms with Gasteiger partial charge in [0.2, 0.25) is 5.75 Å². The lowest BCUT2D eigenvalue weighted by Crippen LogP contribution is -2.52. The quantitative estimate of drug-likeness (QED) is 0.662. The summed E-state index contributed by atoms with van der Waals surface area (Å²) in [6, 6.07) is 0. The second-order valence-electron chi connectivity index (χ2n) is 5.17. The Bertz CT molecular complexity index is 509. The number of pyridine rings is 1. The van der Waals surface area contributed by atoms with Gasteiger partial charge in [0.1, 0.15) is 18.9 Å². The minimum atomic E-state index is -0.517. The van der Waals surface area contributed by atoms with Gasteiger partial charge in [-0.1, -0.05) is 0 Å². The Morgan fingerprint density at radius 1 is 1.65 bits per heavy atom. The molecule has 0 aliphatic carbocycles. The van der Waals surface area contributed by atoms with E-state index >= 15 is 0 Å². The van der Waals surface area contributed by atoms with Gasteiger partial charge in [-0.2, -0.15) is 0 Å². The highest BCUT2D eigenvalue weighted by Gasteiger charge is 2.29. The number of nitrogens with one attached hydrogen (secondary N) is 1. The summed E-state index contributed by atoms with van der Waals surface area (Å²) in [4.78, 5) is 14.2. The van der Waals surface area contributed by atoms with Crippen molar-refractivity contribution in [3.8, 4) is 5.75 Å². The Kier molecular flexibility index (Phi) is 4.56. The van der Waals surface area contributed by atoms with Gasteiger partial charge >= 0.3 is 5.69 Å². The Balaban J connectivity index is 2.06. The molecule has 110 valence electrons. The third kappa shape index (κ3) is 3.65. The Morgan fingerprint density at radius 2 is 2.40 bits per heavy atom. The van der Waals surface area contributed by atoms with Crippen molar-refractivity contribution in [2.45, 2.75) is 25.6 Å². The predicted molar refractivity (Wildman–Crippen MR) is 75.9 cm³/mol. The van der Waals surface area contributed by atoms with Gasteiger partial charge in [-0.25, -0.2) is 0 Å². The lowest BCUT2D eigenvalue weighted by atomic mass is 10.1. The number of hydrogen-bond donors (Lipinski definition) is 1. The Morgan fingerprint density at radius 3 is 3.05 bits per heavy atom. The van der Waals surface area contributed by atoms with E-state index in [-0.39, 0.29) is 29.7 Å². The summed E-state index contributed by atoms with van der Waals surface area (Å²) >= 11 is 3.21. The smallest absolute Gasteiger partial charge is 0.330 e. The average molecular weight is 346 g/mol. The van der Waals surface area contributed by atoms with Crippen LogP contribution in [0.15, 0.2) is 16.9 Å². The van der Waals surface area contributed by atoms with Crippen molar-refractivity contribution in [1.82, 2.24) is 10.3 Å². The molecule has 0 aromatic carbocycles. The third-order valence-corrected chi connectivity index (χ3v) is 3.42. The van der Waals surface area contributed by atoms with E-state index in [0.717, 1.165) is 6.54 Å². The molecule has 1 atom stereocenters. The molecule has 0 radical (unpaired) electrons. The van der Waals surface area contributed by atoms with Crippen LogP contribution in [0.5, 0.6) is 5.75 Å². The highest BCUT2D eigenvalue weighted by atomic mass is 79.9. The normalized spacial score (nSPS) is 21.4. The van der Waals surface area contributed by atoms with Gasteiger partial charge in [-0.3, -0.25) is 15.1 Å². The second kappa shape index (κ2) is 6.02. The van der Waals surface area contributed by atoms with Crippen molar-refractivity contribution in [2.75, 3.05) is 19.7 Å². The minimum Gasteiger partial charge on any atom is -0.483 e. The molecule has 1 unspecified atom stereocenters. The number of halogens is 1. The Hall–Kier alpha value is -1.25. The molecule has 0 bridgehead atoms. The largest absolute Gasteiger partial charge is 0.483 e. The van der Waals surface area contributed by atoms with Crippen LogP contribution in [0.1, 0.15) is 13.8 Å². The van der Waals surface area contributed by atoms with E-state index < -0.39 is 4.92 Å². The molecule has 1 fully saturated rings. The van der Waals surface area contributed by atoms with Gasteiger partial charge in [0.05, 0.1) is 15.0 Å². The van der Waals surface area contributed by atoms with E-state index in [1.807, 2.05) is 13.8 Å². The average Bonchev–Trinajstić information content (AvgIpc) is 2.35. The summed E-state index contributed by atoms with van der Waals surface area (Å²) in [6.45, 7) is 5.62. The first-order chi connectivity index (χ1) is 9.39. The van der Waals surface area contributed by atoms with Gasteiger partial charge in [0, 0.05) is 19.3 Å². The lowest BCUT2D eigenvalue weighted by molar-refractivity contribution is -0.386. The van der Waals surface area contributed by atoms with Crippen LogP contribution in [0.4, 0.5) is 5.69 Å². The van der Waals surface area contributed by atoms with Crippen LogP contribution >= 0.6 is 15.9 Å². The molecule has 0 saturated carbocycles. The molecule has 1 N–H and O–H groups in total. The lowest BCUT2D eigenvalue weighted by Gasteiger charge is -2.36. The van der Waals surface area contributed by atoms with Crippen molar-refractivity contribution in [1.29, 1.82) is 0 Å². The van der Waals surface area contributed by atoms with Gasteiger partial charge in [-0.05, 0) is 29.8 Å². The monoisotopic (exact) mass is 345 g/mol. The summed E-state index contributed by atoms with van der Waals surface area (Å²) in [5, 5.41) is 14.2. The van der Waals surface area contributed by atoms with Crippen molar-refractivity contribution in [2.24, 2.45) is 0 Å². The first kappa shape index (κ1) is 15.1.